The molecule has 0 amide bonds. The predicted octanol–water partition coefficient (Wildman–Crippen LogP) is 2.34. The summed E-state index contributed by atoms with van der Waals surface area (Å²) in [7, 11) is 1.34. The smallest absolute Gasteiger partial charge is 0.408 e. The van der Waals surface area contributed by atoms with Crippen molar-refractivity contribution in [1.29, 1.82) is 0 Å². The molecule has 0 saturated carbocycles. The van der Waals surface area contributed by atoms with E-state index in [1.807, 2.05) is 0 Å². The van der Waals surface area contributed by atoms with Crippen LogP contribution in [0, 0.1) is 5.82 Å². The Morgan fingerprint density at radius 3 is 2.45 bits per heavy atom. The Kier molecular flexibility index (Phi) is 4.49. The van der Waals surface area contributed by atoms with E-state index in [0.29, 0.717) is 13.1 Å². The molecule has 0 spiro atoms. The molecule has 1 aliphatic heterocycles. The molecule has 1 aromatic rings. The van der Waals surface area contributed by atoms with Crippen LogP contribution in [0.2, 0.25) is 0 Å². The van der Waals surface area contributed by atoms with Crippen LogP contribution in [0.1, 0.15) is 11.6 Å². The minimum atomic E-state index is -4.54. The molecule has 0 aromatic heterocycles. The van der Waals surface area contributed by atoms with Gasteiger partial charge in [0.25, 0.3) is 0 Å². The molecule has 1 N–H and O–H groups in total. The first kappa shape index (κ1) is 15.1. The summed E-state index contributed by atoms with van der Waals surface area (Å²) in [5.41, 5.74) is -0.390. The van der Waals surface area contributed by atoms with Gasteiger partial charge in [-0.1, -0.05) is 0 Å². The molecule has 112 valence electrons. The zero-order valence-electron chi connectivity index (χ0n) is 11.0. The van der Waals surface area contributed by atoms with E-state index in [4.69, 9.17) is 4.74 Å². The lowest BCUT2D eigenvalue weighted by Crippen LogP contribution is -2.49. The van der Waals surface area contributed by atoms with Crippen molar-refractivity contribution >= 4 is 0 Å². The molecular formula is C13H16F4N2O. The number of hydrogen-bond acceptors (Lipinski definition) is 3. The fourth-order valence-electron chi connectivity index (χ4n) is 2.38. The molecule has 1 aromatic carbocycles. The second-order valence-corrected chi connectivity index (χ2v) is 4.62. The SMILES string of the molecule is COc1ccc(F)c([C@@H](N2CCNCC2)C(F)(F)F)c1. The summed E-state index contributed by atoms with van der Waals surface area (Å²) in [6.45, 7) is 1.36. The van der Waals surface area contributed by atoms with Crippen molar-refractivity contribution in [2.45, 2.75) is 12.2 Å². The van der Waals surface area contributed by atoms with Crippen LogP contribution in [-0.4, -0.2) is 44.4 Å². The van der Waals surface area contributed by atoms with Crippen molar-refractivity contribution < 1.29 is 22.3 Å². The average molecular weight is 292 g/mol. The van der Waals surface area contributed by atoms with Gasteiger partial charge < -0.3 is 10.1 Å². The summed E-state index contributed by atoms with van der Waals surface area (Å²) in [6.07, 6.45) is -4.54. The molecule has 20 heavy (non-hydrogen) atoms. The number of rotatable bonds is 3. The van der Waals surface area contributed by atoms with Crippen molar-refractivity contribution in [3.8, 4) is 5.75 Å². The highest BCUT2D eigenvalue weighted by atomic mass is 19.4. The number of hydrogen-bond donors (Lipinski definition) is 1. The second-order valence-electron chi connectivity index (χ2n) is 4.62. The highest BCUT2D eigenvalue weighted by Crippen LogP contribution is 2.39. The van der Waals surface area contributed by atoms with Crippen molar-refractivity contribution in [1.82, 2.24) is 10.2 Å². The number of methoxy groups -OCH3 is 1. The number of ether oxygens (including phenoxy) is 1. The third-order valence-electron chi connectivity index (χ3n) is 3.32. The molecule has 0 aliphatic carbocycles. The second kappa shape index (κ2) is 5.97. The van der Waals surface area contributed by atoms with Gasteiger partial charge in [-0.15, -0.1) is 0 Å². The third kappa shape index (κ3) is 3.21. The molecule has 1 atom stereocenters. The number of piperazine rings is 1. The quantitative estimate of drug-likeness (QED) is 0.866. The van der Waals surface area contributed by atoms with E-state index in [0.717, 1.165) is 12.1 Å². The van der Waals surface area contributed by atoms with Gasteiger partial charge in [0.2, 0.25) is 0 Å². The van der Waals surface area contributed by atoms with Crippen LogP contribution in [0.5, 0.6) is 5.75 Å². The van der Waals surface area contributed by atoms with Gasteiger partial charge in [0.15, 0.2) is 0 Å². The highest BCUT2D eigenvalue weighted by molar-refractivity contribution is 5.33. The third-order valence-corrected chi connectivity index (χ3v) is 3.32. The number of nitrogens with one attached hydrogen (secondary N) is 1. The lowest BCUT2D eigenvalue weighted by molar-refractivity contribution is -0.188. The number of alkyl halides is 3. The van der Waals surface area contributed by atoms with Gasteiger partial charge in [-0.3, -0.25) is 4.90 Å². The van der Waals surface area contributed by atoms with Crippen LogP contribution in [-0.2, 0) is 0 Å². The molecule has 2 rings (SSSR count). The Hall–Kier alpha value is -1.34. The first-order valence-electron chi connectivity index (χ1n) is 6.28. The van der Waals surface area contributed by atoms with Gasteiger partial charge >= 0.3 is 6.18 Å². The van der Waals surface area contributed by atoms with E-state index in [-0.39, 0.29) is 18.8 Å². The maximum atomic E-state index is 13.8. The Labute approximate surface area is 114 Å². The zero-order chi connectivity index (χ0) is 14.8. The molecular weight excluding hydrogens is 276 g/mol. The Balaban J connectivity index is 2.40. The zero-order valence-corrected chi connectivity index (χ0v) is 11.0. The fourth-order valence-corrected chi connectivity index (χ4v) is 2.38. The summed E-state index contributed by atoms with van der Waals surface area (Å²) in [4.78, 5) is 1.24. The lowest BCUT2D eigenvalue weighted by atomic mass is 10.0. The predicted molar refractivity (Wildman–Crippen MR) is 66.2 cm³/mol. The molecule has 0 bridgehead atoms. The summed E-state index contributed by atoms with van der Waals surface area (Å²) < 4.78 is 58.7. The first-order valence-corrected chi connectivity index (χ1v) is 6.28. The van der Waals surface area contributed by atoms with Crippen LogP contribution in [0.3, 0.4) is 0 Å². The maximum Gasteiger partial charge on any atom is 0.408 e. The van der Waals surface area contributed by atoms with E-state index < -0.39 is 23.6 Å². The van der Waals surface area contributed by atoms with Gasteiger partial charge in [-0.2, -0.15) is 13.2 Å². The number of benzene rings is 1. The van der Waals surface area contributed by atoms with Crippen molar-refractivity contribution in [3.63, 3.8) is 0 Å². The minimum Gasteiger partial charge on any atom is -0.497 e. The van der Waals surface area contributed by atoms with Gasteiger partial charge in [0, 0.05) is 31.7 Å². The Bertz CT molecular complexity index is 458. The first-order chi connectivity index (χ1) is 9.43. The molecule has 1 fully saturated rings. The monoisotopic (exact) mass is 292 g/mol. The van der Waals surface area contributed by atoms with Crippen LogP contribution in [0.4, 0.5) is 17.6 Å². The molecule has 1 saturated heterocycles. The number of nitrogens with zero attached hydrogens (tertiary/aromatic N) is 1. The molecule has 1 heterocycles. The summed E-state index contributed by atoms with van der Waals surface area (Å²) >= 11 is 0. The summed E-state index contributed by atoms with van der Waals surface area (Å²) in [6, 6.07) is 1.49. The normalized spacial score (nSPS) is 18.9. The van der Waals surface area contributed by atoms with E-state index in [9.17, 15) is 17.6 Å². The van der Waals surface area contributed by atoms with Crippen molar-refractivity contribution in [3.05, 3.63) is 29.6 Å². The molecule has 3 nitrogen and oxygen atoms in total. The van der Waals surface area contributed by atoms with E-state index in [1.165, 1.54) is 18.1 Å². The fraction of sp³-hybridized carbons (Fsp3) is 0.538. The topological polar surface area (TPSA) is 24.5 Å². The largest absolute Gasteiger partial charge is 0.497 e. The Morgan fingerprint density at radius 1 is 1.25 bits per heavy atom. The molecule has 0 unspecified atom stereocenters. The standard InChI is InChI=1S/C13H16F4N2O/c1-20-9-2-3-11(14)10(8-9)12(13(15,16)17)19-6-4-18-5-7-19/h2-3,8,12,18H,4-7H2,1H3/t12-/m1/s1. The van der Waals surface area contributed by atoms with Gasteiger partial charge in [0.1, 0.15) is 17.6 Å². The summed E-state index contributed by atoms with van der Waals surface area (Å²) in [5, 5.41) is 2.98. The Morgan fingerprint density at radius 2 is 1.90 bits per heavy atom. The highest BCUT2D eigenvalue weighted by Gasteiger charge is 2.46. The van der Waals surface area contributed by atoms with Crippen LogP contribution in [0.15, 0.2) is 18.2 Å². The lowest BCUT2D eigenvalue weighted by Gasteiger charge is -2.36. The van der Waals surface area contributed by atoms with Crippen molar-refractivity contribution in [2.75, 3.05) is 33.3 Å². The van der Waals surface area contributed by atoms with Crippen LogP contribution < -0.4 is 10.1 Å². The van der Waals surface area contributed by atoms with Gasteiger partial charge in [0.05, 0.1) is 7.11 Å². The average Bonchev–Trinajstić information content (AvgIpc) is 2.41. The van der Waals surface area contributed by atoms with Gasteiger partial charge in [-0.25, -0.2) is 4.39 Å². The number of halogens is 4. The molecule has 1 aliphatic rings. The van der Waals surface area contributed by atoms with E-state index in [1.54, 1.807) is 0 Å². The van der Waals surface area contributed by atoms with Crippen molar-refractivity contribution in [2.24, 2.45) is 0 Å². The van der Waals surface area contributed by atoms with E-state index >= 15 is 0 Å². The summed E-state index contributed by atoms with van der Waals surface area (Å²) in [5.74, 6) is -0.655. The molecule has 0 radical (unpaired) electrons. The minimum absolute atomic E-state index is 0.214. The van der Waals surface area contributed by atoms with Gasteiger partial charge in [-0.05, 0) is 18.2 Å². The van der Waals surface area contributed by atoms with E-state index in [2.05, 4.69) is 5.32 Å². The van der Waals surface area contributed by atoms with Crippen LogP contribution >= 0.6 is 0 Å². The molecule has 7 heteroatoms. The maximum absolute atomic E-state index is 13.8. The van der Waals surface area contributed by atoms with Crippen LogP contribution in [0.25, 0.3) is 0 Å².